The van der Waals surface area contributed by atoms with Crippen LogP contribution in [-0.4, -0.2) is 33.3 Å². The van der Waals surface area contributed by atoms with Crippen LogP contribution >= 0.6 is 0 Å². The quantitative estimate of drug-likeness (QED) is 0.752. The molecule has 0 spiro atoms. The molecule has 2 aromatic heterocycles. The maximum absolute atomic E-state index is 11.9. The molecule has 0 aliphatic carbocycles. The number of nitrogens with one attached hydrogen (secondary N) is 2. The molecule has 7 nitrogen and oxygen atoms in total. The fourth-order valence-corrected chi connectivity index (χ4v) is 2.09. The summed E-state index contributed by atoms with van der Waals surface area (Å²) >= 11 is 0. The van der Waals surface area contributed by atoms with Gasteiger partial charge < -0.3 is 24.7 Å². The van der Waals surface area contributed by atoms with Gasteiger partial charge in [0.15, 0.2) is 0 Å². The third kappa shape index (κ3) is 4.36. The molecule has 2 amide bonds. The van der Waals surface area contributed by atoms with Gasteiger partial charge in [-0.2, -0.15) is 0 Å². The van der Waals surface area contributed by atoms with Crippen molar-refractivity contribution in [2.24, 2.45) is 0 Å². The van der Waals surface area contributed by atoms with E-state index in [2.05, 4.69) is 15.6 Å². The lowest BCUT2D eigenvalue weighted by molar-refractivity contribution is 0.0359. The van der Waals surface area contributed by atoms with Crippen LogP contribution in [0.4, 0.5) is 4.79 Å². The molecule has 2 unspecified atom stereocenters. The van der Waals surface area contributed by atoms with Gasteiger partial charge in [-0.05, 0) is 32.9 Å². The van der Waals surface area contributed by atoms with E-state index in [1.54, 1.807) is 38.5 Å². The Labute approximate surface area is 129 Å². The molecule has 0 saturated heterocycles. The van der Waals surface area contributed by atoms with Crippen LogP contribution in [0.2, 0.25) is 0 Å². The molecule has 2 atom stereocenters. The van der Waals surface area contributed by atoms with Crippen LogP contribution in [0.15, 0.2) is 35.3 Å². The second-order valence-electron chi connectivity index (χ2n) is 5.67. The number of nitrogens with zero attached hydrogens (tertiary/aromatic N) is 2. The van der Waals surface area contributed by atoms with Crippen LogP contribution < -0.4 is 10.6 Å². The smallest absolute Gasteiger partial charge is 0.315 e. The second-order valence-corrected chi connectivity index (χ2v) is 5.67. The van der Waals surface area contributed by atoms with Crippen LogP contribution in [0, 0.1) is 6.92 Å². The van der Waals surface area contributed by atoms with Crippen molar-refractivity contribution in [3.8, 4) is 0 Å². The predicted octanol–water partition coefficient (Wildman–Crippen LogP) is 1.38. The van der Waals surface area contributed by atoms with Gasteiger partial charge in [0.25, 0.3) is 0 Å². The third-order valence-electron chi connectivity index (χ3n) is 3.29. The van der Waals surface area contributed by atoms with E-state index in [1.807, 2.05) is 17.7 Å². The standard InChI is InChI=1S/C15H22N4O3/c1-11(8-19-7-6-16-10-19)18-14(20)17-9-15(3,21)13-5-4-12(2)22-13/h4-7,10-11,21H,8-9H2,1-3H3,(H2,17,18,20). The summed E-state index contributed by atoms with van der Waals surface area (Å²) in [5, 5.41) is 15.8. The van der Waals surface area contributed by atoms with Gasteiger partial charge in [-0.15, -0.1) is 0 Å². The molecule has 2 rings (SSSR count). The molecule has 0 aliphatic heterocycles. The summed E-state index contributed by atoms with van der Waals surface area (Å²) < 4.78 is 7.28. The van der Waals surface area contributed by atoms with Gasteiger partial charge in [-0.3, -0.25) is 0 Å². The van der Waals surface area contributed by atoms with E-state index in [0.717, 1.165) is 0 Å². The average molecular weight is 306 g/mol. The number of urea groups is 1. The lowest BCUT2D eigenvalue weighted by Gasteiger charge is -2.22. The predicted molar refractivity (Wildman–Crippen MR) is 81.2 cm³/mol. The lowest BCUT2D eigenvalue weighted by Crippen LogP contribution is -2.46. The molecule has 0 fully saturated rings. The molecule has 2 aromatic rings. The van der Waals surface area contributed by atoms with Gasteiger partial charge in [0.1, 0.15) is 17.1 Å². The Morgan fingerprint density at radius 3 is 2.91 bits per heavy atom. The zero-order valence-corrected chi connectivity index (χ0v) is 13.0. The number of hydrogen-bond donors (Lipinski definition) is 3. The molecule has 3 N–H and O–H groups in total. The third-order valence-corrected chi connectivity index (χ3v) is 3.29. The first kappa shape index (κ1) is 16.1. The number of carbonyl (C=O) groups is 1. The van der Waals surface area contributed by atoms with Crippen molar-refractivity contribution in [3.63, 3.8) is 0 Å². The molecule has 0 aliphatic rings. The van der Waals surface area contributed by atoms with Crippen LogP contribution in [0.25, 0.3) is 0 Å². The van der Waals surface area contributed by atoms with Crippen molar-refractivity contribution in [1.29, 1.82) is 0 Å². The second kappa shape index (κ2) is 6.65. The maximum Gasteiger partial charge on any atom is 0.315 e. The van der Waals surface area contributed by atoms with E-state index in [0.29, 0.717) is 18.1 Å². The molecule has 0 radical (unpaired) electrons. The molecule has 7 heteroatoms. The molecule has 2 heterocycles. The Balaban J connectivity index is 1.79. The van der Waals surface area contributed by atoms with E-state index >= 15 is 0 Å². The molecule has 0 bridgehead atoms. The summed E-state index contributed by atoms with van der Waals surface area (Å²) in [5.74, 6) is 1.14. The van der Waals surface area contributed by atoms with Crippen molar-refractivity contribution in [2.75, 3.05) is 6.54 Å². The highest BCUT2D eigenvalue weighted by molar-refractivity contribution is 5.74. The summed E-state index contributed by atoms with van der Waals surface area (Å²) in [6, 6.07) is 3.08. The molecular formula is C15H22N4O3. The normalized spacial score (nSPS) is 15.1. The largest absolute Gasteiger partial charge is 0.463 e. The van der Waals surface area contributed by atoms with Crippen LogP contribution in [-0.2, 0) is 12.1 Å². The van der Waals surface area contributed by atoms with Gasteiger partial charge in [-0.1, -0.05) is 0 Å². The number of imidazole rings is 1. The Morgan fingerprint density at radius 1 is 1.55 bits per heavy atom. The number of aliphatic hydroxyl groups is 1. The topological polar surface area (TPSA) is 92.3 Å². The van der Waals surface area contributed by atoms with E-state index in [4.69, 9.17) is 4.42 Å². The SMILES string of the molecule is Cc1ccc(C(C)(O)CNC(=O)NC(C)Cn2ccnc2)o1. The fraction of sp³-hybridized carbons (Fsp3) is 0.467. The van der Waals surface area contributed by atoms with Crippen molar-refractivity contribution in [1.82, 2.24) is 20.2 Å². The van der Waals surface area contributed by atoms with Gasteiger partial charge in [0.05, 0.1) is 12.9 Å². The van der Waals surface area contributed by atoms with Crippen molar-refractivity contribution in [3.05, 3.63) is 42.4 Å². The van der Waals surface area contributed by atoms with Gasteiger partial charge in [0.2, 0.25) is 0 Å². The zero-order valence-electron chi connectivity index (χ0n) is 13.0. The van der Waals surface area contributed by atoms with Crippen molar-refractivity contribution < 1.29 is 14.3 Å². The van der Waals surface area contributed by atoms with Crippen LogP contribution in [0.1, 0.15) is 25.4 Å². The molecule has 0 saturated carbocycles. The Kier molecular flexibility index (Phi) is 4.87. The zero-order chi connectivity index (χ0) is 16.2. The number of carbonyl (C=O) groups excluding carboxylic acids is 1. The minimum Gasteiger partial charge on any atom is -0.463 e. The summed E-state index contributed by atoms with van der Waals surface area (Å²) in [6.45, 7) is 5.98. The van der Waals surface area contributed by atoms with Crippen molar-refractivity contribution in [2.45, 2.75) is 39.0 Å². The summed E-state index contributed by atoms with van der Waals surface area (Å²) in [6.07, 6.45) is 5.22. The Bertz CT molecular complexity index is 604. The monoisotopic (exact) mass is 306 g/mol. The molecule has 120 valence electrons. The molecule has 0 aromatic carbocycles. The number of aromatic nitrogens is 2. The highest BCUT2D eigenvalue weighted by Gasteiger charge is 2.27. The minimum absolute atomic E-state index is 0.0591. The highest BCUT2D eigenvalue weighted by atomic mass is 16.4. The van der Waals surface area contributed by atoms with E-state index < -0.39 is 5.60 Å². The fourth-order valence-electron chi connectivity index (χ4n) is 2.09. The summed E-state index contributed by atoms with van der Waals surface area (Å²) in [5.41, 5.74) is -1.25. The Morgan fingerprint density at radius 2 is 2.32 bits per heavy atom. The minimum atomic E-state index is -1.25. The van der Waals surface area contributed by atoms with E-state index in [9.17, 15) is 9.90 Å². The first-order chi connectivity index (χ1) is 10.4. The molecule has 22 heavy (non-hydrogen) atoms. The number of furan rings is 1. The Hall–Kier alpha value is -2.28. The van der Waals surface area contributed by atoms with Crippen molar-refractivity contribution >= 4 is 6.03 Å². The van der Waals surface area contributed by atoms with Gasteiger partial charge in [0, 0.05) is 25.0 Å². The van der Waals surface area contributed by atoms with E-state index in [-0.39, 0.29) is 18.6 Å². The number of hydrogen-bond acceptors (Lipinski definition) is 4. The summed E-state index contributed by atoms with van der Waals surface area (Å²) in [4.78, 5) is 15.8. The average Bonchev–Trinajstić information content (AvgIpc) is 3.08. The first-order valence-electron chi connectivity index (χ1n) is 7.16. The van der Waals surface area contributed by atoms with Gasteiger partial charge >= 0.3 is 6.03 Å². The van der Waals surface area contributed by atoms with Gasteiger partial charge in [-0.25, -0.2) is 9.78 Å². The van der Waals surface area contributed by atoms with Crippen LogP contribution in [0.3, 0.4) is 0 Å². The number of aryl methyl sites for hydroxylation is 1. The number of amides is 2. The maximum atomic E-state index is 11.9. The molecular weight excluding hydrogens is 284 g/mol. The first-order valence-corrected chi connectivity index (χ1v) is 7.16. The lowest BCUT2D eigenvalue weighted by atomic mass is 10.0. The van der Waals surface area contributed by atoms with Crippen LogP contribution in [0.5, 0.6) is 0 Å². The number of rotatable bonds is 6. The summed E-state index contributed by atoms with van der Waals surface area (Å²) in [7, 11) is 0. The highest BCUT2D eigenvalue weighted by Crippen LogP contribution is 2.21. The van der Waals surface area contributed by atoms with E-state index in [1.165, 1.54) is 0 Å².